The molecule has 1 fully saturated rings. The summed E-state index contributed by atoms with van der Waals surface area (Å²) in [6.07, 6.45) is 12.5. The molecule has 0 bridgehead atoms. The number of rotatable bonds is 9. The van der Waals surface area contributed by atoms with Crippen LogP contribution in [0.3, 0.4) is 0 Å². The van der Waals surface area contributed by atoms with Gasteiger partial charge in [-0.15, -0.1) is 0 Å². The van der Waals surface area contributed by atoms with Gasteiger partial charge in [0.2, 0.25) is 0 Å². The third kappa shape index (κ3) is 5.99. The highest BCUT2D eigenvalue weighted by atomic mass is 16.5. The minimum atomic E-state index is 0.234. The van der Waals surface area contributed by atoms with Gasteiger partial charge in [-0.3, -0.25) is 14.8 Å². The monoisotopic (exact) mass is 510 g/mol. The molecule has 38 heavy (non-hydrogen) atoms. The highest BCUT2D eigenvalue weighted by Gasteiger charge is 2.23. The third-order valence-corrected chi connectivity index (χ3v) is 7.58. The van der Waals surface area contributed by atoms with Gasteiger partial charge in [-0.1, -0.05) is 54.6 Å². The Bertz CT molecular complexity index is 1310. The first kappa shape index (κ1) is 26.2. The maximum Gasteiger partial charge on any atom is 0.149 e. The van der Waals surface area contributed by atoms with Crippen LogP contribution in [0.2, 0.25) is 0 Å². The Morgan fingerprint density at radius 3 is 2.55 bits per heavy atom. The lowest BCUT2D eigenvalue weighted by atomic mass is 10.0. The van der Waals surface area contributed by atoms with Crippen LogP contribution < -0.4 is 10.1 Å². The Balaban J connectivity index is 1.32. The van der Waals surface area contributed by atoms with Crippen LogP contribution in [0, 0.1) is 0 Å². The molecular weight excluding hydrogens is 472 g/mol. The van der Waals surface area contributed by atoms with Crippen molar-refractivity contribution in [2.75, 3.05) is 40.4 Å². The fourth-order valence-corrected chi connectivity index (χ4v) is 5.40. The molecule has 2 atom stereocenters. The average molecular weight is 511 g/mol. The van der Waals surface area contributed by atoms with Crippen molar-refractivity contribution in [2.45, 2.75) is 32.1 Å². The van der Waals surface area contributed by atoms with Crippen molar-refractivity contribution in [3.05, 3.63) is 108 Å². The highest BCUT2D eigenvalue weighted by Crippen LogP contribution is 2.32. The maximum atomic E-state index is 5.90. The summed E-state index contributed by atoms with van der Waals surface area (Å²) < 4.78 is 11.4. The molecule has 0 amide bonds. The summed E-state index contributed by atoms with van der Waals surface area (Å²) >= 11 is 0. The highest BCUT2D eigenvalue weighted by molar-refractivity contribution is 5.89. The Hall–Kier alpha value is -3.45. The Morgan fingerprint density at radius 1 is 0.974 bits per heavy atom. The SMILES string of the molecule is COC1=CC(N2CCN(Cc3cc(CNC(C)c4ccccc4)c(OC)c4ncccc34)CC2)C=CC=C1. The molecule has 1 aliphatic carbocycles. The smallest absolute Gasteiger partial charge is 0.149 e. The summed E-state index contributed by atoms with van der Waals surface area (Å²) in [5, 5.41) is 4.85. The van der Waals surface area contributed by atoms with Crippen molar-refractivity contribution >= 4 is 10.9 Å². The molecule has 2 unspecified atom stereocenters. The molecule has 198 valence electrons. The molecular formula is C32H38N4O2. The van der Waals surface area contributed by atoms with Crippen molar-refractivity contribution < 1.29 is 9.47 Å². The summed E-state index contributed by atoms with van der Waals surface area (Å²) in [7, 11) is 3.48. The predicted molar refractivity (Wildman–Crippen MR) is 154 cm³/mol. The number of piperazine rings is 1. The van der Waals surface area contributed by atoms with E-state index in [4.69, 9.17) is 14.5 Å². The first-order valence-corrected chi connectivity index (χ1v) is 13.4. The van der Waals surface area contributed by atoms with Gasteiger partial charge in [0.05, 0.1) is 20.3 Å². The summed E-state index contributed by atoms with van der Waals surface area (Å²) in [6.45, 7) is 7.85. The van der Waals surface area contributed by atoms with Crippen LogP contribution >= 0.6 is 0 Å². The molecule has 0 radical (unpaired) electrons. The Morgan fingerprint density at radius 2 is 1.79 bits per heavy atom. The Labute approximate surface area is 226 Å². The lowest BCUT2D eigenvalue weighted by Crippen LogP contribution is -2.49. The maximum absolute atomic E-state index is 5.90. The van der Waals surface area contributed by atoms with Crippen LogP contribution in [0.5, 0.6) is 5.75 Å². The van der Waals surface area contributed by atoms with Gasteiger partial charge in [0.1, 0.15) is 17.0 Å². The summed E-state index contributed by atoms with van der Waals surface area (Å²) in [6, 6.07) is 17.5. The predicted octanol–water partition coefficient (Wildman–Crippen LogP) is 5.24. The number of methoxy groups -OCH3 is 2. The van der Waals surface area contributed by atoms with Gasteiger partial charge in [-0.25, -0.2) is 0 Å². The normalized spacial score (nSPS) is 19.2. The number of nitrogens with one attached hydrogen (secondary N) is 1. The number of aromatic nitrogens is 1. The molecule has 1 N–H and O–H groups in total. The van der Waals surface area contributed by atoms with Crippen molar-refractivity contribution in [2.24, 2.45) is 0 Å². The van der Waals surface area contributed by atoms with E-state index in [9.17, 15) is 0 Å². The molecule has 1 saturated heterocycles. The molecule has 0 saturated carbocycles. The number of allylic oxidation sites excluding steroid dienone is 3. The van der Waals surface area contributed by atoms with Gasteiger partial charge in [-0.2, -0.15) is 0 Å². The minimum absolute atomic E-state index is 0.234. The second-order valence-electron chi connectivity index (χ2n) is 9.96. The average Bonchev–Trinajstić information content (AvgIpc) is 3.23. The van der Waals surface area contributed by atoms with E-state index in [1.54, 1.807) is 14.2 Å². The number of ether oxygens (including phenoxy) is 2. The number of nitrogens with zero attached hydrogens (tertiary/aromatic N) is 3. The van der Waals surface area contributed by atoms with Crippen molar-refractivity contribution in [3.63, 3.8) is 0 Å². The van der Waals surface area contributed by atoms with E-state index in [1.807, 2.05) is 24.4 Å². The number of hydrogen-bond donors (Lipinski definition) is 1. The van der Waals surface area contributed by atoms with Gasteiger partial charge in [0.15, 0.2) is 0 Å². The number of hydrogen-bond acceptors (Lipinski definition) is 6. The van der Waals surface area contributed by atoms with E-state index in [2.05, 4.69) is 82.7 Å². The molecule has 1 aromatic heterocycles. The van der Waals surface area contributed by atoms with Gasteiger partial charge < -0.3 is 14.8 Å². The van der Waals surface area contributed by atoms with E-state index >= 15 is 0 Å². The molecule has 0 spiro atoms. The van der Waals surface area contributed by atoms with E-state index in [1.165, 1.54) is 11.1 Å². The third-order valence-electron chi connectivity index (χ3n) is 7.58. The topological polar surface area (TPSA) is 49.9 Å². The van der Waals surface area contributed by atoms with Gasteiger partial charge in [0.25, 0.3) is 0 Å². The van der Waals surface area contributed by atoms with E-state index in [0.717, 1.165) is 60.7 Å². The summed E-state index contributed by atoms with van der Waals surface area (Å²) in [4.78, 5) is 9.81. The number of pyridine rings is 1. The quantitative estimate of drug-likeness (QED) is 0.425. The van der Waals surface area contributed by atoms with E-state index < -0.39 is 0 Å². The lowest BCUT2D eigenvalue weighted by Gasteiger charge is -2.37. The molecule has 6 nitrogen and oxygen atoms in total. The minimum Gasteiger partial charge on any atom is -0.497 e. The van der Waals surface area contributed by atoms with Crippen molar-refractivity contribution in [1.29, 1.82) is 0 Å². The van der Waals surface area contributed by atoms with Crippen LogP contribution in [0.25, 0.3) is 10.9 Å². The molecule has 2 aromatic carbocycles. The van der Waals surface area contributed by atoms with Crippen LogP contribution in [0.1, 0.15) is 29.7 Å². The van der Waals surface area contributed by atoms with Gasteiger partial charge in [-0.05, 0) is 42.3 Å². The molecule has 3 aromatic rings. The fraction of sp³-hybridized carbons (Fsp3) is 0.344. The van der Waals surface area contributed by atoms with Crippen molar-refractivity contribution in [1.82, 2.24) is 20.1 Å². The molecule has 1 aliphatic heterocycles. The molecule has 6 heteroatoms. The van der Waals surface area contributed by atoms with Crippen LogP contribution in [0.15, 0.2) is 90.9 Å². The van der Waals surface area contributed by atoms with Crippen LogP contribution in [-0.2, 0) is 17.8 Å². The van der Waals surface area contributed by atoms with Gasteiger partial charge >= 0.3 is 0 Å². The summed E-state index contributed by atoms with van der Waals surface area (Å²) in [5.41, 5.74) is 4.65. The standard InChI is InChI=1S/C32H38N4O2/c1-24(25-10-5-4-6-11-25)34-22-26-20-27(30-14-9-15-33-31(30)32(26)38-3)23-35-16-18-36(19-17-35)28-12-7-8-13-29(21-28)37-2/h4-15,20-21,24,28,34H,16-19,22-23H2,1-3H3. The van der Waals surface area contributed by atoms with Crippen LogP contribution in [0.4, 0.5) is 0 Å². The second-order valence-corrected chi connectivity index (χ2v) is 9.96. The summed E-state index contributed by atoms with van der Waals surface area (Å²) in [5.74, 6) is 1.78. The Kier molecular flexibility index (Phi) is 8.54. The largest absolute Gasteiger partial charge is 0.497 e. The fourth-order valence-electron chi connectivity index (χ4n) is 5.40. The number of fused-ring (bicyclic) bond motifs is 1. The molecule has 5 rings (SSSR count). The van der Waals surface area contributed by atoms with E-state index in [0.29, 0.717) is 6.54 Å². The van der Waals surface area contributed by atoms with Crippen molar-refractivity contribution in [3.8, 4) is 5.75 Å². The first-order chi connectivity index (χ1) is 18.7. The van der Waals surface area contributed by atoms with Crippen LogP contribution in [-0.4, -0.2) is 61.2 Å². The zero-order valence-electron chi connectivity index (χ0n) is 22.6. The zero-order chi connectivity index (χ0) is 26.3. The lowest BCUT2D eigenvalue weighted by molar-refractivity contribution is 0.119. The molecule has 2 aliphatic rings. The second kappa shape index (κ2) is 12.4. The zero-order valence-corrected chi connectivity index (χ0v) is 22.6. The molecule has 2 heterocycles. The van der Waals surface area contributed by atoms with Gasteiger partial charge in [0, 0.05) is 62.5 Å². The number of benzene rings is 2. The van der Waals surface area contributed by atoms with E-state index in [-0.39, 0.29) is 12.1 Å². The first-order valence-electron chi connectivity index (χ1n) is 13.4.